The molecule has 0 radical (unpaired) electrons. The third kappa shape index (κ3) is 4.75. The molecule has 0 spiro atoms. The number of hydrogen-bond acceptors (Lipinski definition) is 4. The number of nitrogens with one attached hydrogen (secondary N) is 1. The van der Waals surface area contributed by atoms with E-state index in [-0.39, 0.29) is 17.2 Å². The second kappa shape index (κ2) is 9.77. The Morgan fingerprint density at radius 2 is 1.31 bits per heavy atom. The maximum Gasteiger partial charge on any atom is 0.343 e. The minimum Gasteiger partial charge on any atom is -0.423 e. The Kier molecular flexibility index (Phi) is 6.22. The third-order valence-electron chi connectivity index (χ3n) is 6.34. The summed E-state index contributed by atoms with van der Waals surface area (Å²) in [5.74, 6) is -0.274. The van der Waals surface area contributed by atoms with Crippen LogP contribution >= 0.6 is 0 Å². The summed E-state index contributed by atoms with van der Waals surface area (Å²) in [5.41, 5.74) is 5.91. The van der Waals surface area contributed by atoms with E-state index in [4.69, 9.17) is 4.74 Å². The molecule has 4 aromatic rings. The quantitative estimate of drug-likeness (QED) is 0.175. The molecule has 0 saturated heterocycles. The van der Waals surface area contributed by atoms with Crippen LogP contribution in [0, 0.1) is 5.92 Å². The van der Waals surface area contributed by atoms with Crippen LogP contribution in [0.5, 0.6) is 5.75 Å². The molecule has 4 aromatic carbocycles. The highest BCUT2D eigenvalue weighted by molar-refractivity contribution is 5.91. The molecule has 35 heavy (non-hydrogen) atoms. The molecule has 1 aliphatic rings. The summed E-state index contributed by atoms with van der Waals surface area (Å²) >= 11 is 0. The van der Waals surface area contributed by atoms with E-state index in [0.29, 0.717) is 11.3 Å². The number of nitrogens with zero attached hydrogens (tertiary/aromatic N) is 1. The van der Waals surface area contributed by atoms with Crippen LogP contribution < -0.4 is 10.2 Å². The Morgan fingerprint density at radius 1 is 0.771 bits per heavy atom. The topological polar surface area (TPSA) is 67.8 Å². The molecule has 1 unspecified atom stereocenters. The number of amides is 1. The average Bonchev–Trinajstić information content (AvgIpc) is 3.68. The van der Waals surface area contributed by atoms with Gasteiger partial charge in [-0.2, -0.15) is 5.10 Å². The highest BCUT2D eigenvalue weighted by Crippen LogP contribution is 2.58. The number of hydrazone groups is 1. The van der Waals surface area contributed by atoms with Gasteiger partial charge >= 0.3 is 5.97 Å². The Hall–Kier alpha value is -4.51. The summed E-state index contributed by atoms with van der Waals surface area (Å²) in [6.07, 6.45) is 2.32. The van der Waals surface area contributed by atoms with Crippen molar-refractivity contribution in [3.8, 4) is 5.75 Å². The van der Waals surface area contributed by atoms with Gasteiger partial charge in [-0.25, -0.2) is 10.2 Å². The Balaban J connectivity index is 1.22. The second-order valence-electron chi connectivity index (χ2n) is 8.52. The molecule has 1 fully saturated rings. The lowest BCUT2D eigenvalue weighted by Gasteiger charge is -2.18. The number of ether oxygens (including phenoxy) is 1. The molecule has 1 saturated carbocycles. The van der Waals surface area contributed by atoms with Gasteiger partial charge in [-0.1, -0.05) is 78.9 Å². The number of carbonyl (C=O) groups excluding carboxylic acids is 2. The van der Waals surface area contributed by atoms with Gasteiger partial charge in [0, 0.05) is 5.41 Å². The zero-order valence-corrected chi connectivity index (χ0v) is 19.0. The molecule has 5 heteroatoms. The van der Waals surface area contributed by atoms with Crippen molar-refractivity contribution in [3.63, 3.8) is 0 Å². The van der Waals surface area contributed by atoms with Crippen LogP contribution in [0.1, 0.15) is 33.5 Å². The van der Waals surface area contributed by atoms with Gasteiger partial charge in [0.05, 0.1) is 17.7 Å². The van der Waals surface area contributed by atoms with E-state index >= 15 is 0 Å². The summed E-state index contributed by atoms with van der Waals surface area (Å²) in [5, 5.41) is 4.16. The minimum absolute atomic E-state index is 0.109. The van der Waals surface area contributed by atoms with Crippen LogP contribution in [0.15, 0.2) is 120 Å². The molecule has 172 valence electrons. The van der Waals surface area contributed by atoms with E-state index in [2.05, 4.69) is 34.8 Å². The first kappa shape index (κ1) is 22.3. The van der Waals surface area contributed by atoms with Crippen molar-refractivity contribution in [2.45, 2.75) is 11.8 Å². The fourth-order valence-electron chi connectivity index (χ4n) is 4.47. The number of carbonyl (C=O) groups is 2. The summed E-state index contributed by atoms with van der Waals surface area (Å²) in [6.45, 7) is 0. The van der Waals surface area contributed by atoms with Gasteiger partial charge < -0.3 is 4.74 Å². The molecule has 1 aliphatic carbocycles. The summed E-state index contributed by atoms with van der Waals surface area (Å²) < 4.78 is 5.39. The van der Waals surface area contributed by atoms with Gasteiger partial charge in [0.25, 0.3) is 0 Å². The normalized spacial score (nSPS) is 15.9. The van der Waals surface area contributed by atoms with E-state index < -0.39 is 5.97 Å². The summed E-state index contributed by atoms with van der Waals surface area (Å²) in [4.78, 5) is 25.2. The zero-order chi connectivity index (χ0) is 24.1. The highest BCUT2D eigenvalue weighted by atomic mass is 16.5. The smallest absolute Gasteiger partial charge is 0.343 e. The van der Waals surface area contributed by atoms with Crippen LogP contribution in [0.2, 0.25) is 0 Å². The maximum absolute atomic E-state index is 13.0. The molecule has 1 amide bonds. The number of hydrogen-bond donors (Lipinski definition) is 1. The SMILES string of the molecule is O=C(Oc1ccc(C=NNC(=O)C2CC2(c2ccccc2)c2ccccc2)cc1)c1ccccc1. The molecular weight excluding hydrogens is 436 g/mol. The molecular formula is C30H24N2O3. The van der Waals surface area contributed by atoms with Gasteiger partial charge in [0.15, 0.2) is 0 Å². The lowest BCUT2D eigenvalue weighted by molar-refractivity contribution is -0.122. The molecule has 0 bridgehead atoms. The van der Waals surface area contributed by atoms with E-state index in [0.717, 1.165) is 23.1 Å². The first-order valence-corrected chi connectivity index (χ1v) is 11.5. The van der Waals surface area contributed by atoms with Crippen LogP contribution in [0.25, 0.3) is 0 Å². The average molecular weight is 461 g/mol. The maximum atomic E-state index is 13.0. The Labute approximate surface area is 204 Å². The molecule has 0 aliphatic heterocycles. The molecule has 5 rings (SSSR count). The van der Waals surface area contributed by atoms with Crippen LogP contribution in [0.3, 0.4) is 0 Å². The van der Waals surface area contributed by atoms with E-state index in [1.54, 1.807) is 54.7 Å². The first-order chi connectivity index (χ1) is 17.2. The van der Waals surface area contributed by atoms with Crippen molar-refractivity contribution in [1.29, 1.82) is 0 Å². The van der Waals surface area contributed by atoms with E-state index in [9.17, 15) is 9.59 Å². The fourth-order valence-corrected chi connectivity index (χ4v) is 4.47. The Morgan fingerprint density at radius 3 is 1.89 bits per heavy atom. The van der Waals surface area contributed by atoms with Crippen molar-refractivity contribution in [3.05, 3.63) is 138 Å². The van der Waals surface area contributed by atoms with Crippen molar-refractivity contribution in [1.82, 2.24) is 5.43 Å². The lowest BCUT2D eigenvalue weighted by atomic mass is 9.85. The predicted molar refractivity (Wildman–Crippen MR) is 135 cm³/mol. The monoisotopic (exact) mass is 460 g/mol. The number of rotatable bonds is 7. The van der Waals surface area contributed by atoms with Gasteiger partial charge in [-0.05, 0) is 59.5 Å². The molecule has 1 N–H and O–H groups in total. The van der Waals surface area contributed by atoms with Gasteiger partial charge in [-0.3, -0.25) is 4.79 Å². The molecule has 1 atom stereocenters. The zero-order valence-electron chi connectivity index (χ0n) is 19.0. The lowest BCUT2D eigenvalue weighted by Crippen LogP contribution is -2.25. The second-order valence-corrected chi connectivity index (χ2v) is 8.52. The van der Waals surface area contributed by atoms with Crippen molar-refractivity contribution < 1.29 is 14.3 Å². The van der Waals surface area contributed by atoms with Gasteiger partial charge in [0.1, 0.15) is 5.75 Å². The van der Waals surface area contributed by atoms with E-state index in [1.807, 2.05) is 42.5 Å². The largest absolute Gasteiger partial charge is 0.423 e. The highest BCUT2D eigenvalue weighted by Gasteiger charge is 2.60. The van der Waals surface area contributed by atoms with Gasteiger partial charge in [0.2, 0.25) is 5.91 Å². The van der Waals surface area contributed by atoms with Gasteiger partial charge in [-0.15, -0.1) is 0 Å². The van der Waals surface area contributed by atoms with Crippen LogP contribution in [-0.4, -0.2) is 18.1 Å². The fraction of sp³-hybridized carbons (Fsp3) is 0.100. The van der Waals surface area contributed by atoms with Crippen molar-refractivity contribution >= 4 is 18.1 Å². The summed E-state index contributed by atoms with van der Waals surface area (Å²) in [7, 11) is 0. The third-order valence-corrected chi connectivity index (χ3v) is 6.34. The van der Waals surface area contributed by atoms with Crippen molar-refractivity contribution in [2.75, 3.05) is 0 Å². The summed E-state index contributed by atoms with van der Waals surface area (Å²) in [6, 6.07) is 36.1. The first-order valence-electron chi connectivity index (χ1n) is 11.5. The predicted octanol–water partition coefficient (Wildman–Crippen LogP) is 5.36. The minimum atomic E-state index is -0.413. The van der Waals surface area contributed by atoms with Crippen molar-refractivity contribution in [2.24, 2.45) is 11.0 Å². The molecule has 0 aromatic heterocycles. The number of benzene rings is 4. The Bertz CT molecular complexity index is 1300. The standard InChI is InChI=1S/C30H24N2O3/c33-28(27-20-30(27,24-12-6-2-7-13-24)25-14-8-3-9-15-25)32-31-21-22-16-18-26(19-17-22)35-29(34)23-10-4-1-5-11-23/h1-19,21,27H,20H2,(H,32,33). The molecule has 5 nitrogen and oxygen atoms in total. The number of esters is 1. The van der Waals surface area contributed by atoms with Crippen LogP contribution in [0.4, 0.5) is 0 Å². The van der Waals surface area contributed by atoms with Crippen LogP contribution in [-0.2, 0) is 10.2 Å². The van der Waals surface area contributed by atoms with E-state index in [1.165, 1.54) is 0 Å². The molecule has 0 heterocycles.